The fourth-order valence-corrected chi connectivity index (χ4v) is 2.74. The zero-order chi connectivity index (χ0) is 25.7. The molecule has 0 saturated heterocycles. The van der Waals surface area contributed by atoms with Gasteiger partial charge in [-0.2, -0.15) is 12.6 Å². The molecule has 15 heteroatoms. The van der Waals surface area contributed by atoms with Crippen molar-refractivity contribution in [1.82, 2.24) is 16.0 Å². The average molecular weight is 491 g/mol. The third-order valence-electron chi connectivity index (χ3n) is 4.43. The van der Waals surface area contributed by atoms with Crippen LogP contribution < -0.4 is 38.9 Å². The Labute approximate surface area is 197 Å². The molecule has 4 atom stereocenters. The average Bonchev–Trinajstić information content (AvgIpc) is 2.71. The fraction of sp³-hybridized carbons (Fsp3) is 0.667. The van der Waals surface area contributed by atoms with Crippen LogP contribution in [-0.4, -0.2) is 77.1 Å². The zero-order valence-corrected chi connectivity index (χ0v) is 19.5. The Kier molecular flexibility index (Phi) is 13.5. The number of carbonyl (C=O) groups excluding carboxylic acids is 4. The van der Waals surface area contributed by atoms with E-state index >= 15 is 0 Å². The molecule has 0 aliphatic heterocycles. The maximum atomic E-state index is 12.8. The Morgan fingerprint density at radius 2 is 1.42 bits per heavy atom. The minimum Gasteiger partial charge on any atom is -0.480 e. The molecule has 0 rings (SSSR count). The Hall–Kier alpha value is -3.07. The summed E-state index contributed by atoms with van der Waals surface area (Å²) in [5, 5.41) is 16.2. The van der Waals surface area contributed by atoms with Crippen LogP contribution in [0.5, 0.6) is 0 Å². The minimum atomic E-state index is -1.58. The molecule has 0 fully saturated rings. The van der Waals surface area contributed by atoms with Crippen molar-refractivity contribution < 1.29 is 29.1 Å². The Morgan fingerprint density at radius 1 is 0.909 bits per heavy atom. The van der Waals surface area contributed by atoms with Crippen molar-refractivity contribution in [3.63, 3.8) is 0 Å². The van der Waals surface area contributed by atoms with Crippen LogP contribution in [0.4, 0.5) is 0 Å². The molecular formula is C18H34N8O6S. The summed E-state index contributed by atoms with van der Waals surface area (Å²) in [5.41, 5.74) is 21.4. The number of amides is 4. The second-order valence-electron chi connectivity index (χ2n) is 7.59. The summed E-state index contributed by atoms with van der Waals surface area (Å²) >= 11 is 4.01. The van der Waals surface area contributed by atoms with Gasteiger partial charge in [-0.3, -0.25) is 24.2 Å². The Bertz CT molecular complexity index is 743. The molecule has 0 aromatic rings. The number of nitrogens with one attached hydrogen (secondary N) is 3. The van der Waals surface area contributed by atoms with Gasteiger partial charge >= 0.3 is 5.97 Å². The molecular weight excluding hydrogens is 456 g/mol. The number of carboxylic acid groups (broad SMARTS) is 1. The number of primary amides is 1. The van der Waals surface area contributed by atoms with E-state index in [4.69, 9.17) is 28.0 Å². The normalized spacial score (nSPS) is 14.3. The minimum absolute atomic E-state index is 0.125. The molecule has 4 amide bonds. The number of nitrogens with two attached hydrogens (primary N) is 4. The molecule has 0 aliphatic rings. The van der Waals surface area contributed by atoms with Crippen LogP contribution in [0, 0.1) is 5.92 Å². The first-order chi connectivity index (χ1) is 15.3. The molecule has 0 radical (unpaired) electrons. The lowest BCUT2D eigenvalue weighted by Gasteiger charge is -2.25. The molecule has 33 heavy (non-hydrogen) atoms. The molecule has 0 heterocycles. The SMILES string of the molecule is CC(C)C(N)C(=O)NC(CCCN=C(N)N)C(=O)NC(CS)C(=O)NC(CC(N)=O)C(=O)O. The summed E-state index contributed by atoms with van der Waals surface area (Å²) in [5.74, 6) is -5.09. The van der Waals surface area contributed by atoms with E-state index in [1.165, 1.54) is 0 Å². The van der Waals surface area contributed by atoms with Crippen molar-refractivity contribution in [3.05, 3.63) is 0 Å². The van der Waals surface area contributed by atoms with Gasteiger partial charge in [0.05, 0.1) is 12.5 Å². The van der Waals surface area contributed by atoms with Crippen LogP contribution in [0.25, 0.3) is 0 Å². The summed E-state index contributed by atoms with van der Waals surface area (Å²) in [6.07, 6.45) is -0.186. The van der Waals surface area contributed by atoms with Crippen molar-refractivity contribution in [2.45, 2.75) is 57.3 Å². The topological polar surface area (TPSA) is 258 Å². The number of hydrogen-bond acceptors (Lipinski definition) is 8. The first-order valence-electron chi connectivity index (χ1n) is 10.1. The smallest absolute Gasteiger partial charge is 0.326 e. The summed E-state index contributed by atoms with van der Waals surface area (Å²) < 4.78 is 0. The third-order valence-corrected chi connectivity index (χ3v) is 4.80. The highest BCUT2D eigenvalue weighted by molar-refractivity contribution is 7.80. The highest BCUT2D eigenvalue weighted by Crippen LogP contribution is 2.04. The monoisotopic (exact) mass is 490 g/mol. The number of carbonyl (C=O) groups is 5. The van der Waals surface area contributed by atoms with Gasteiger partial charge in [0.1, 0.15) is 18.1 Å². The lowest BCUT2D eigenvalue weighted by Crippen LogP contribution is -2.58. The quantitative estimate of drug-likeness (QED) is 0.0474. The highest BCUT2D eigenvalue weighted by atomic mass is 32.1. The van der Waals surface area contributed by atoms with E-state index < -0.39 is 60.2 Å². The van der Waals surface area contributed by atoms with Crippen LogP contribution in [-0.2, 0) is 24.0 Å². The lowest BCUT2D eigenvalue weighted by atomic mass is 10.0. The lowest BCUT2D eigenvalue weighted by molar-refractivity contribution is -0.143. The first kappa shape index (κ1) is 29.9. The fourth-order valence-electron chi connectivity index (χ4n) is 2.48. The molecule has 0 aromatic carbocycles. The van der Waals surface area contributed by atoms with Gasteiger partial charge in [0, 0.05) is 12.3 Å². The number of nitrogens with zero attached hydrogens (tertiary/aromatic N) is 1. The van der Waals surface area contributed by atoms with Gasteiger partial charge < -0.3 is 44.0 Å². The molecule has 0 spiro atoms. The predicted molar refractivity (Wildman–Crippen MR) is 124 cm³/mol. The number of aliphatic carboxylic acids is 1. The number of rotatable bonds is 15. The predicted octanol–water partition coefficient (Wildman–Crippen LogP) is -3.63. The largest absolute Gasteiger partial charge is 0.480 e. The summed E-state index contributed by atoms with van der Waals surface area (Å²) in [7, 11) is 0. The second kappa shape index (κ2) is 14.9. The van der Waals surface area contributed by atoms with Crippen molar-refractivity contribution in [3.8, 4) is 0 Å². The molecule has 0 aliphatic carbocycles. The van der Waals surface area contributed by atoms with Crippen LogP contribution in [0.2, 0.25) is 0 Å². The summed E-state index contributed by atoms with van der Waals surface area (Å²) in [4.78, 5) is 63.7. The number of thiol groups is 1. The summed E-state index contributed by atoms with van der Waals surface area (Å²) in [6.45, 7) is 3.68. The van der Waals surface area contributed by atoms with Gasteiger partial charge in [0.25, 0.3) is 0 Å². The van der Waals surface area contributed by atoms with Crippen LogP contribution in [0.3, 0.4) is 0 Å². The van der Waals surface area contributed by atoms with Gasteiger partial charge in [-0.1, -0.05) is 13.8 Å². The molecule has 0 bridgehead atoms. The van der Waals surface area contributed by atoms with Crippen LogP contribution in [0.1, 0.15) is 33.1 Å². The van der Waals surface area contributed by atoms with E-state index in [9.17, 15) is 24.0 Å². The molecule has 0 aromatic heterocycles. The van der Waals surface area contributed by atoms with Gasteiger partial charge in [-0.25, -0.2) is 4.79 Å². The third kappa shape index (κ3) is 11.9. The zero-order valence-electron chi connectivity index (χ0n) is 18.6. The van der Waals surface area contributed by atoms with E-state index in [2.05, 4.69) is 33.6 Å². The van der Waals surface area contributed by atoms with Crippen molar-refractivity contribution in [1.29, 1.82) is 0 Å². The number of aliphatic imine (C=N–C) groups is 1. The van der Waals surface area contributed by atoms with Crippen molar-refractivity contribution in [2.24, 2.45) is 33.8 Å². The van der Waals surface area contributed by atoms with Crippen LogP contribution >= 0.6 is 12.6 Å². The van der Waals surface area contributed by atoms with Crippen molar-refractivity contribution in [2.75, 3.05) is 12.3 Å². The van der Waals surface area contributed by atoms with Gasteiger partial charge in [0.15, 0.2) is 5.96 Å². The molecule has 188 valence electrons. The maximum Gasteiger partial charge on any atom is 0.326 e. The molecule has 14 nitrogen and oxygen atoms in total. The molecule has 0 saturated carbocycles. The first-order valence-corrected chi connectivity index (χ1v) is 10.8. The van der Waals surface area contributed by atoms with Gasteiger partial charge in [-0.15, -0.1) is 0 Å². The van der Waals surface area contributed by atoms with Crippen LogP contribution in [0.15, 0.2) is 4.99 Å². The molecule has 4 unspecified atom stereocenters. The summed E-state index contributed by atoms with van der Waals surface area (Å²) in [6, 6.07) is -4.78. The van der Waals surface area contributed by atoms with E-state index in [0.717, 1.165) is 0 Å². The number of guanidine groups is 1. The maximum absolute atomic E-state index is 12.8. The van der Waals surface area contributed by atoms with E-state index in [1.54, 1.807) is 13.8 Å². The second-order valence-corrected chi connectivity index (χ2v) is 7.96. The van der Waals surface area contributed by atoms with Gasteiger partial charge in [0.2, 0.25) is 23.6 Å². The number of carboxylic acids is 1. The van der Waals surface area contributed by atoms with Gasteiger partial charge in [-0.05, 0) is 18.8 Å². The number of hydrogen-bond donors (Lipinski definition) is 9. The van der Waals surface area contributed by atoms with Crippen molar-refractivity contribution >= 4 is 48.2 Å². The molecule has 12 N–H and O–H groups in total. The van der Waals surface area contributed by atoms with E-state index in [0.29, 0.717) is 6.42 Å². The van der Waals surface area contributed by atoms with E-state index in [-0.39, 0.29) is 30.6 Å². The Balaban J connectivity index is 5.36. The standard InChI is InChI=1S/C18H34N8O6S/c1-8(2)13(20)16(30)24-9(4-3-5-23-18(21)22)14(28)26-11(7-33)15(29)25-10(17(31)32)6-12(19)27/h8-11,13,33H,3-7,20H2,1-2H3,(H2,19,27)(H,24,30)(H,25,29)(H,26,28)(H,31,32)(H4,21,22,23). The van der Waals surface area contributed by atoms with E-state index in [1.807, 2.05) is 0 Å². The Morgan fingerprint density at radius 3 is 1.88 bits per heavy atom. The highest BCUT2D eigenvalue weighted by Gasteiger charge is 2.30.